The Bertz CT molecular complexity index is 1130. The van der Waals surface area contributed by atoms with Gasteiger partial charge in [0.2, 0.25) is 0 Å². The Morgan fingerprint density at radius 2 is 1.56 bits per heavy atom. The van der Waals surface area contributed by atoms with Gasteiger partial charge in [-0.3, -0.25) is 4.90 Å². The first-order chi connectivity index (χ1) is 15.3. The second-order valence-electron chi connectivity index (χ2n) is 7.81. The van der Waals surface area contributed by atoms with Gasteiger partial charge in [-0.1, -0.05) is 48.5 Å². The number of carbonyl (C=O) groups is 1. The van der Waals surface area contributed by atoms with E-state index in [4.69, 9.17) is 9.47 Å². The van der Waals surface area contributed by atoms with Crippen molar-refractivity contribution >= 4 is 5.97 Å². The van der Waals surface area contributed by atoms with Crippen LogP contribution in [0.15, 0.2) is 60.7 Å². The third-order valence-electron chi connectivity index (χ3n) is 5.44. The maximum absolute atomic E-state index is 14.1. The number of hydrogen-bond donors (Lipinski definition) is 0. The Labute approximate surface area is 184 Å². The van der Waals surface area contributed by atoms with Crippen LogP contribution >= 0.6 is 0 Å². The minimum absolute atomic E-state index is 0.118. The minimum atomic E-state index is -4.61. The number of para-hydroxylation sites is 1. The van der Waals surface area contributed by atoms with Crippen LogP contribution in [0.5, 0.6) is 11.5 Å². The van der Waals surface area contributed by atoms with Crippen molar-refractivity contribution in [3.8, 4) is 11.5 Å². The zero-order chi connectivity index (χ0) is 22.9. The van der Waals surface area contributed by atoms with E-state index >= 15 is 0 Å². The lowest BCUT2D eigenvalue weighted by molar-refractivity contribution is -0.138. The van der Waals surface area contributed by atoms with Crippen LogP contribution in [0, 0.1) is 6.92 Å². The third kappa shape index (κ3) is 4.34. The van der Waals surface area contributed by atoms with Crippen LogP contribution < -0.4 is 9.47 Å². The Morgan fingerprint density at radius 1 is 0.969 bits per heavy atom. The number of ether oxygens (including phenoxy) is 2. The standard InChI is InChI=1S/C25H22F3NO3/c1-16-21(24(30)32-18-11-7-4-8-12-18)23(31-15-17-9-5-3-6-10-17)20-14-29(2)13-19(20)22(16)25(26,27)28/h3-12H,13-15H2,1-2H3. The molecule has 0 N–H and O–H groups in total. The Hall–Kier alpha value is -3.32. The minimum Gasteiger partial charge on any atom is -0.488 e. The number of halogens is 3. The van der Waals surface area contributed by atoms with Gasteiger partial charge in [0.1, 0.15) is 23.7 Å². The van der Waals surface area contributed by atoms with Gasteiger partial charge in [-0.05, 0) is 42.8 Å². The second kappa shape index (κ2) is 8.67. The smallest absolute Gasteiger partial charge is 0.417 e. The molecule has 0 aliphatic carbocycles. The molecule has 0 spiro atoms. The summed E-state index contributed by atoms with van der Waals surface area (Å²) in [6.45, 7) is 1.79. The first-order valence-electron chi connectivity index (χ1n) is 10.1. The molecule has 4 rings (SSSR count). The van der Waals surface area contributed by atoms with Crippen molar-refractivity contribution in [2.45, 2.75) is 32.8 Å². The number of rotatable bonds is 5. The van der Waals surface area contributed by atoms with Crippen LogP contribution in [-0.4, -0.2) is 17.9 Å². The van der Waals surface area contributed by atoms with Crippen LogP contribution in [0.1, 0.15) is 38.2 Å². The van der Waals surface area contributed by atoms with Crippen LogP contribution in [0.2, 0.25) is 0 Å². The van der Waals surface area contributed by atoms with Gasteiger partial charge < -0.3 is 9.47 Å². The zero-order valence-corrected chi connectivity index (χ0v) is 17.7. The normalized spacial score (nSPS) is 13.7. The van der Waals surface area contributed by atoms with Gasteiger partial charge in [0, 0.05) is 18.7 Å². The number of fused-ring (bicyclic) bond motifs is 1. The topological polar surface area (TPSA) is 38.8 Å². The maximum Gasteiger partial charge on any atom is 0.417 e. The largest absolute Gasteiger partial charge is 0.488 e. The van der Waals surface area contributed by atoms with E-state index < -0.39 is 17.7 Å². The second-order valence-corrected chi connectivity index (χ2v) is 7.81. The average Bonchev–Trinajstić information content (AvgIpc) is 3.12. The number of nitrogens with zero attached hydrogens (tertiary/aromatic N) is 1. The zero-order valence-electron chi connectivity index (χ0n) is 17.7. The SMILES string of the molecule is Cc1c(C(=O)Oc2ccccc2)c(OCc2ccccc2)c2c(c1C(F)(F)F)CN(C)C2. The Kier molecular flexibility index (Phi) is 5.93. The van der Waals surface area contributed by atoms with Crippen LogP contribution in [0.4, 0.5) is 13.2 Å². The summed E-state index contributed by atoms with van der Waals surface area (Å²) in [6, 6.07) is 17.5. The summed E-state index contributed by atoms with van der Waals surface area (Å²) >= 11 is 0. The summed E-state index contributed by atoms with van der Waals surface area (Å²) in [6.07, 6.45) is -4.61. The molecule has 4 nitrogen and oxygen atoms in total. The molecule has 32 heavy (non-hydrogen) atoms. The number of alkyl halides is 3. The molecule has 0 atom stereocenters. The molecule has 3 aromatic carbocycles. The molecule has 1 aliphatic heterocycles. The lowest BCUT2D eigenvalue weighted by Gasteiger charge is -2.22. The molecule has 0 radical (unpaired) electrons. The Balaban J connectivity index is 1.85. The van der Waals surface area contributed by atoms with Crippen LogP contribution in [-0.2, 0) is 25.9 Å². The molecule has 0 bridgehead atoms. The summed E-state index contributed by atoms with van der Waals surface area (Å²) < 4.78 is 53.7. The van der Waals surface area contributed by atoms with Crippen molar-refractivity contribution < 1.29 is 27.4 Å². The molecule has 0 aromatic heterocycles. The molecular formula is C25H22F3NO3. The van der Waals surface area contributed by atoms with Gasteiger partial charge in [0.15, 0.2) is 0 Å². The molecule has 1 heterocycles. The number of hydrogen-bond acceptors (Lipinski definition) is 4. The lowest BCUT2D eigenvalue weighted by Crippen LogP contribution is -2.20. The highest BCUT2D eigenvalue weighted by Gasteiger charge is 2.42. The van der Waals surface area contributed by atoms with Gasteiger partial charge in [-0.25, -0.2) is 4.79 Å². The quantitative estimate of drug-likeness (QED) is 0.373. The molecule has 0 saturated heterocycles. The van der Waals surface area contributed by atoms with E-state index in [1.165, 1.54) is 6.92 Å². The van der Waals surface area contributed by atoms with E-state index in [-0.39, 0.29) is 47.9 Å². The number of esters is 1. The summed E-state index contributed by atoms with van der Waals surface area (Å²) in [5, 5.41) is 0. The summed E-state index contributed by atoms with van der Waals surface area (Å²) in [5.41, 5.74) is 0.205. The van der Waals surface area contributed by atoms with Crippen molar-refractivity contribution in [2.75, 3.05) is 7.05 Å². The summed E-state index contributed by atoms with van der Waals surface area (Å²) in [5.74, 6) is -0.476. The van der Waals surface area contributed by atoms with E-state index in [2.05, 4.69) is 0 Å². The van der Waals surface area contributed by atoms with E-state index in [1.807, 2.05) is 30.3 Å². The maximum atomic E-state index is 14.1. The van der Waals surface area contributed by atoms with Crippen LogP contribution in [0.25, 0.3) is 0 Å². The van der Waals surface area contributed by atoms with Crippen molar-refractivity contribution in [3.63, 3.8) is 0 Å². The van der Waals surface area contributed by atoms with Gasteiger partial charge in [0.05, 0.1) is 5.56 Å². The predicted octanol–water partition coefficient (Wildman–Crippen LogP) is 5.76. The number of benzene rings is 3. The molecular weight excluding hydrogens is 419 g/mol. The van der Waals surface area contributed by atoms with E-state index in [0.717, 1.165) is 5.56 Å². The number of carbonyl (C=O) groups excluding carboxylic acids is 1. The highest BCUT2D eigenvalue weighted by Crippen LogP contribution is 2.45. The molecule has 0 saturated carbocycles. The van der Waals surface area contributed by atoms with Gasteiger partial charge in [-0.15, -0.1) is 0 Å². The molecule has 166 valence electrons. The molecule has 0 fully saturated rings. The monoisotopic (exact) mass is 441 g/mol. The fraction of sp³-hybridized carbons (Fsp3) is 0.240. The molecule has 3 aromatic rings. The molecule has 1 aliphatic rings. The first-order valence-corrected chi connectivity index (χ1v) is 10.1. The fourth-order valence-corrected chi connectivity index (χ4v) is 4.06. The highest BCUT2D eigenvalue weighted by atomic mass is 19.4. The van der Waals surface area contributed by atoms with E-state index in [9.17, 15) is 18.0 Å². The van der Waals surface area contributed by atoms with Crippen LogP contribution in [0.3, 0.4) is 0 Å². The predicted molar refractivity (Wildman–Crippen MR) is 114 cm³/mol. The van der Waals surface area contributed by atoms with Crippen molar-refractivity contribution in [1.29, 1.82) is 0 Å². The average molecular weight is 441 g/mol. The lowest BCUT2D eigenvalue weighted by atomic mass is 9.91. The van der Waals surface area contributed by atoms with E-state index in [0.29, 0.717) is 5.56 Å². The molecule has 0 amide bonds. The van der Waals surface area contributed by atoms with Crippen molar-refractivity contribution in [1.82, 2.24) is 4.90 Å². The molecule has 0 unspecified atom stereocenters. The summed E-state index contributed by atoms with van der Waals surface area (Å²) in [7, 11) is 1.73. The summed E-state index contributed by atoms with van der Waals surface area (Å²) in [4.78, 5) is 14.9. The van der Waals surface area contributed by atoms with Gasteiger partial charge in [-0.2, -0.15) is 13.2 Å². The van der Waals surface area contributed by atoms with Crippen molar-refractivity contribution in [2.24, 2.45) is 0 Å². The third-order valence-corrected chi connectivity index (χ3v) is 5.44. The fourth-order valence-electron chi connectivity index (χ4n) is 4.06. The van der Waals surface area contributed by atoms with E-state index in [1.54, 1.807) is 42.3 Å². The Morgan fingerprint density at radius 3 is 2.19 bits per heavy atom. The van der Waals surface area contributed by atoms with Gasteiger partial charge >= 0.3 is 12.1 Å². The first kappa shape index (κ1) is 21.9. The molecule has 7 heteroatoms. The highest BCUT2D eigenvalue weighted by molar-refractivity contribution is 5.97. The van der Waals surface area contributed by atoms with Crippen molar-refractivity contribution in [3.05, 3.63) is 94.0 Å². The van der Waals surface area contributed by atoms with Gasteiger partial charge in [0.25, 0.3) is 0 Å².